The molecule has 0 aliphatic heterocycles. The second kappa shape index (κ2) is 8.60. The molecule has 0 unspecified atom stereocenters. The Kier molecular flexibility index (Phi) is 5.75. The number of ether oxygens (including phenoxy) is 1. The number of aliphatic hydroxyl groups is 1. The van der Waals surface area contributed by atoms with E-state index in [1.807, 2.05) is 54.6 Å². The Labute approximate surface area is 151 Å². The highest BCUT2D eigenvalue weighted by molar-refractivity contribution is 5.85. The largest absolute Gasteiger partial charge is 0.457 e. The summed E-state index contributed by atoms with van der Waals surface area (Å²) in [6.45, 7) is 0. The van der Waals surface area contributed by atoms with E-state index in [0.717, 1.165) is 11.3 Å². The first kappa shape index (κ1) is 17.4. The lowest BCUT2D eigenvalue weighted by Gasteiger charge is -2.08. The molecule has 3 aromatic rings. The van der Waals surface area contributed by atoms with Gasteiger partial charge in [-0.25, -0.2) is 5.43 Å². The van der Waals surface area contributed by atoms with E-state index in [1.54, 1.807) is 30.3 Å². The van der Waals surface area contributed by atoms with Crippen LogP contribution in [-0.4, -0.2) is 17.2 Å². The average Bonchev–Trinajstić information content (AvgIpc) is 2.69. The molecular weight excluding hydrogens is 328 g/mol. The smallest absolute Gasteiger partial charge is 0.273 e. The van der Waals surface area contributed by atoms with E-state index in [-0.39, 0.29) is 0 Å². The van der Waals surface area contributed by atoms with Gasteiger partial charge < -0.3 is 9.84 Å². The van der Waals surface area contributed by atoms with Crippen LogP contribution in [0, 0.1) is 0 Å². The number of para-hydroxylation sites is 1. The highest BCUT2D eigenvalue weighted by Crippen LogP contribution is 2.21. The number of hydrazone groups is 1. The van der Waals surface area contributed by atoms with Gasteiger partial charge in [0.05, 0.1) is 6.21 Å². The number of carbonyl (C=O) groups excluding carboxylic acids is 1. The molecule has 3 rings (SSSR count). The average molecular weight is 346 g/mol. The summed E-state index contributed by atoms with van der Waals surface area (Å²) in [7, 11) is 0. The van der Waals surface area contributed by atoms with Gasteiger partial charge in [-0.05, 0) is 35.4 Å². The van der Waals surface area contributed by atoms with Crippen molar-refractivity contribution in [2.24, 2.45) is 5.10 Å². The summed E-state index contributed by atoms with van der Waals surface area (Å²) < 4.78 is 5.75. The molecule has 5 heteroatoms. The third kappa shape index (κ3) is 4.78. The fraction of sp³-hybridized carbons (Fsp3) is 0.0476. The van der Waals surface area contributed by atoms with Crippen molar-refractivity contribution >= 4 is 12.1 Å². The predicted molar refractivity (Wildman–Crippen MR) is 100 cm³/mol. The number of nitrogens with zero attached hydrogens (tertiary/aromatic N) is 1. The van der Waals surface area contributed by atoms with Crippen LogP contribution in [0.4, 0.5) is 0 Å². The topological polar surface area (TPSA) is 70.9 Å². The summed E-state index contributed by atoms with van der Waals surface area (Å²) in [4.78, 5) is 11.9. The van der Waals surface area contributed by atoms with Gasteiger partial charge in [-0.15, -0.1) is 0 Å². The zero-order valence-electron chi connectivity index (χ0n) is 13.9. The van der Waals surface area contributed by atoms with E-state index in [2.05, 4.69) is 10.5 Å². The molecule has 0 aromatic heterocycles. The van der Waals surface area contributed by atoms with Crippen molar-refractivity contribution in [1.29, 1.82) is 0 Å². The summed E-state index contributed by atoms with van der Waals surface area (Å²) in [5.41, 5.74) is 3.61. The minimum atomic E-state index is -1.26. The highest BCUT2D eigenvalue weighted by Gasteiger charge is 2.15. The third-order valence-corrected chi connectivity index (χ3v) is 3.59. The maximum Gasteiger partial charge on any atom is 0.273 e. The van der Waals surface area contributed by atoms with Crippen LogP contribution < -0.4 is 10.2 Å². The minimum Gasteiger partial charge on any atom is -0.457 e. The van der Waals surface area contributed by atoms with Gasteiger partial charge in [0.2, 0.25) is 0 Å². The molecule has 0 heterocycles. The number of carbonyl (C=O) groups is 1. The van der Waals surface area contributed by atoms with Crippen molar-refractivity contribution in [3.63, 3.8) is 0 Å². The van der Waals surface area contributed by atoms with Crippen LogP contribution in [0.3, 0.4) is 0 Å². The molecule has 0 saturated heterocycles. The quantitative estimate of drug-likeness (QED) is 0.528. The molecule has 26 heavy (non-hydrogen) atoms. The van der Waals surface area contributed by atoms with E-state index >= 15 is 0 Å². The second-order valence-electron chi connectivity index (χ2n) is 5.54. The number of benzene rings is 3. The maximum atomic E-state index is 11.9. The fourth-order valence-electron chi connectivity index (χ4n) is 2.30. The molecule has 0 radical (unpaired) electrons. The van der Waals surface area contributed by atoms with Crippen LogP contribution in [-0.2, 0) is 4.79 Å². The first-order chi connectivity index (χ1) is 12.7. The van der Waals surface area contributed by atoms with E-state index in [0.29, 0.717) is 11.3 Å². The number of rotatable bonds is 6. The van der Waals surface area contributed by atoms with Crippen LogP contribution >= 0.6 is 0 Å². The van der Waals surface area contributed by atoms with E-state index in [1.165, 1.54) is 6.21 Å². The fourth-order valence-corrected chi connectivity index (χ4v) is 2.30. The first-order valence-electron chi connectivity index (χ1n) is 8.11. The van der Waals surface area contributed by atoms with Crippen molar-refractivity contribution in [2.75, 3.05) is 0 Å². The first-order valence-corrected chi connectivity index (χ1v) is 8.11. The number of amides is 1. The number of aliphatic hydroxyl groups excluding tert-OH is 1. The predicted octanol–water partition coefficient (Wildman–Crippen LogP) is 3.66. The molecule has 0 spiro atoms. The normalized spacial score (nSPS) is 11.9. The van der Waals surface area contributed by atoms with Crippen LogP contribution in [0.2, 0.25) is 0 Å². The Hall–Kier alpha value is -3.44. The molecule has 1 atom stereocenters. The molecule has 3 aromatic carbocycles. The van der Waals surface area contributed by atoms with Gasteiger partial charge in [-0.3, -0.25) is 4.79 Å². The lowest BCUT2D eigenvalue weighted by atomic mass is 10.1. The molecule has 0 saturated carbocycles. The van der Waals surface area contributed by atoms with Crippen molar-refractivity contribution in [3.8, 4) is 11.5 Å². The van der Waals surface area contributed by atoms with Gasteiger partial charge in [-0.1, -0.05) is 60.7 Å². The molecule has 5 nitrogen and oxygen atoms in total. The molecule has 0 aliphatic carbocycles. The van der Waals surface area contributed by atoms with Gasteiger partial charge in [0.1, 0.15) is 11.5 Å². The number of hydrogen-bond donors (Lipinski definition) is 2. The van der Waals surface area contributed by atoms with Crippen molar-refractivity contribution in [1.82, 2.24) is 5.43 Å². The standard InChI is InChI=1S/C21H18N2O3/c24-20(17-9-3-1-4-10-17)21(25)23-22-15-16-8-7-13-19(14-16)26-18-11-5-2-6-12-18/h1-15,20,24H,(H,23,25)/b22-15-/t20-/m1/s1. The van der Waals surface area contributed by atoms with Crippen molar-refractivity contribution in [2.45, 2.75) is 6.10 Å². The van der Waals surface area contributed by atoms with Gasteiger partial charge in [-0.2, -0.15) is 5.10 Å². The zero-order valence-corrected chi connectivity index (χ0v) is 13.9. The van der Waals surface area contributed by atoms with E-state index in [4.69, 9.17) is 4.74 Å². The summed E-state index contributed by atoms with van der Waals surface area (Å²) >= 11 is 0. The summed E-state index contributed by atoms with van der Waals surface area (Å²) in [6, 6.07) is 25.4. The molecular formula is C21H18N2O3. The molecule has 2 N–H and O–H groups in total. The minimum absolute atomic E-state index is 0.512. The third-order valence-electron chi connectivity index (χ3n) is 3.59. The van der Waals surface area contributed by atoms with Crippen LogP contribution in [0.5, 0.6) is 11.5 Å². The number of hydrogen-bond acceptors (Lipinski definition) is 4. The van der Waals surface area contributed by atoms with Gasteiger partial charge in [0, 0.05) is 0 Å². The lowest BCUT2D eigenvalue weighted by Crippen LogP contribution is -2.25. The van der Waals surface area contributed by atoms with Gasteiger partial charge in [0.15, 0.2) is 6.10 Å². The lowest BCUT2D eigenvalue weighted by molar-refractivity contribution is -0.129. The molecule has 1 amide bonds. The van der Waals surface area contributed by atoms with Crippen LogP contribution in [0.25, 0.3) is 0 Å². The van der Waals surface area contributed by atoms with Gasteiger partial charge in [0.25, 0.3) is 5.91 Å². The highest BCUT2D eigenvalue weighted by atomic mass is 16.5. The Balaban J connectivity index is 1.60. The summed E-state index contributed by atoms with van der Waals surface area (Å²) in [5.74, 6) is 0.806. The van der Waals surface area contributed by atoms with Crippen molar-refractivity contribution in [3.05, 3.63) is 96.1 Å². The monoisotopic (exact) mass is 346 g/mol. The van der Waals surface area contributed by atoms with Crippen LogP contribution in [0.15, 0.2) is 90.0 Å². The Morgan fingerprint density at radius 3 is 2.31 bits per heavy atom. The van der Waals surface area contributed by atoms with Gasteiger partial charge >= 0.3 is 0 Å². The second-order valence-corrected chi connectivity index (χ2v) is 5.54. The Bertz CT molecular complexity index is 880. The molecule has 0 fully saturated rings. The molecule has 130 valence electrons. The summed E-state index contributed by atoms with van der Waals surface area (Å²) in [5, 5.41) is 13.9. The molecule has 0 aliphatic rings. The molecule has 0 bridgehead atoms. The zero-order chi connectivity index (χ0) is 18.2. The SMILES string of the molecule is O=C(N/N=C\c1cccc(Oc2ccccc2)c1)[C@H](O)c1ccccc1. The Morgan fingerprint density at radius 2 is 1.58 bits per heavy atom. The maximum absolute atomic E-state index is 11.9. The number of nitrogens with one attached hydrogen (secondary N) is 1. The van der Waals surface area contributed by atoms with Crippen molar-refractivity contribution < 1.29 is 14.6 Å². The summed E-state index contributed by atoms with van der Waals surface area (Å²) in [6.07, 6.45) is 0.231. The van der Waals surface area contributed by atoms with E-state index < -0.39 is 12.0 Å². The van der Waals surface area contributed by atoms with Crippen LogP contribution in [0.1, 0.15) is 17.2 Å². The Morgan fingerprint density at radius 1 is 0.923 bits per heavy atom. The van der Waals surface area contributed by atoms with E-state index in [9.17, 15) is 9.90 Å².